The first kappa shape index (κ1) is 16.0. The highest BCUT2D eigenvalue weighted by atomic mass is 16.5. The number of rotatable bonds is 8. The number of aromatic nitrogens is 1. The summed E-state index contributed by atoms with van der Waals surface area (Å²) in [5, 5.41) is 3.37. The van der Waals surface area contributed by atoms with Gasteiger partial charge in [-0.15, -0.1) is 0 Å². The first-order chi connectivity index (χ1) is 10.7. The second kappa shape index (κ2) is 8.14. The number of nitrogens with one attached hydrogen (secondary N) is 1. The van der Waals surface area contributed by atoms with E-state index in [1.54, 1.807) is 12.1 Å². The van der Waals surface area contributed by atoms with Crippen molar-refractivity contribution in [2.24, 2.45) is 5.73 Å². The molecule has 5 nitrogen and oxygen atoms in total. The van der Waals surface area contributed by atoms with Gasteiger partial charge >= 0.3 is 0 Å². The Balaban J connectivity index is 1.89. The van der Waals surface area contributed by atoms with Crippen LogP contribution in [-0.2, 0) is 6.42 Å². The molecule has 1 amide bonds. The Morgan fingerprint density at radius 1 is 1.18 bits per heavy atom. The Bertz CT molecular complexity index is 594. The van der Waals surface area contributed by atoms with Gasteiger partial charge in [0.05, 0.1) is 5.56 Å². The molecule has 0 aliphatic carbocycles. The molecule has 0 spiro atoms. The summed E-state index contributed by atoms with van der Waals surface area (Å²) in [5.74, 6) is 0.645. The van der Waals surface area contributed by atoms with E-state index in [0.29, 0.717) is 17.2 Å². The van der Waals surface area contributed by atoms with Gasteiger partial charge < -0.3 is 15.8 Å². The van der Waals surface area contributed by atoms with Gasteiger partial charge in [-0.1, -0.05) is 19.1 Å². The van der Waals surface area contributed by atoms with Crippen molar-refractivity contribution in [1.29, 1.82) is 0 Å². The predicted molar refractivity (Wildman–Crippen MR) is 86.1 cm³/mol. The Hall–Kier alpha value is -2.40. The van der Waals surface area contributed by atoms with E-state index in [1.165, 1.54) is 11.8 Å². The SMILES string of the molecule is CCCNCCc1ccc(Oc2ccc(C(N)=O)cn2)cc1. The Labute approximate surface area is 130 Å². The molecule has 1 heterocycles. The molecule has 0 saturated carbocycles. The van der Waals surface area contributed by atoms with Crippen LogP contribution in [-0.4, -0.2) is 24.0 Å². The zero-order valence-electron chi connectivity index (χ0n) is 12.7. The number of hydrogen-bond donors (Lipinski definition) is 2. The Kier molecular flexibility index (Phi) is 5.91. The third-order valence-electron chi connectivity index (χ3n) is 3.18. The number of nitrogens with zero attached hydrogens (tertiary/aromatic N) is 1. The minimum Gasteiger partial charge on any atom is -0.439 e. The van der Waals surface area contributed by atoms with Crippen molar-refractivity contribution in [2.75, 3.05) is 13.1 Å². The molecule has 116 valence electrons. The monoisotopic (exact) mass is 299 g/mol. The minimum absolute atomic E-state index is 0.363. The summed E-state index contributed by atoms with van der Waals surface area (Å²) in [6, 6.07) is 11.1. The molecule has 0 fully saturated rings. The van der Waals surface area contributed by atoms with Crippen molar-refractivity contribution in [3.8, 4) is 11.6 Å². The lowest BCUT2D eigenvalue weighted by atomic mass is 10.1. The third kappa shape index (κ3) is 4.86. The number of carbonyl (C=O) groups excluding carboxylic acids is 1. The number of benzene rings is 1. The van der Waals surface area contributed by atoms with Gasteiger partial charge in [0, 0.05) is 12.3 Å². The molecule has 0 atom stereocenters. The maximum absolute atomic E-state index is 11.0. The molecule has 3 N–H and O–H groups in total. The molecule has 0 radical (unpaired) electrons. The number of primary amides is 1. The zero-order valence-corrected chi connectivity index (χ0v) is 12.7. The van der Waals surface area contributed by atoms with Crippen LogP contribution in [0.5, 0.6) is 11.6 Å². The van der Waals surface area contributed by atoms with Crippen LogP contribution in [0.15, 0.2) is 42.6 Å². The normalized spacial score (nSPS) is 10.4. The lowest BCUT2D eigenvalue weighted by molar-refractivity contribution is 0.1000. The average Bonchev–Trinajstić information content (AvgIpc) is 2.54. The molecule has 1 aromatic heterocycles. The first-order valence-electron chi connectivity index (χ1n) is 7.42. The summed E-state index contributed by atoms with van der Waals surface area (Å²) in [5.41, 5.74) is 6.79. The number of hydrogen-bond acceptors (Lipinski definition) is 4. The second-order valence-electron chi connectivity index (χ2n) is 5.00. The highest BCUT2D eigenvalue weighted by Gasteiger charge is 2.03. The van der Waals surface area contributed by atoms with Crippen molar-refractivity contribution >= 4 is 5.91 Å². The molecule has 0 aliphatic rings. The number of carbonyl (C=O) groups is 1. The molecule has 0 saturated heterocycles. The maximum atomic E-state index is 11.0. The summed E-state index contributed by atoms with van der Waals surface area (Å²) in [4.78, 5) is 15.0. The highest BCUT2D eigenvalue weighted by molar-refractivity contribution is 5.92. The Morgan fingerprint density at radius 3 is 2.55 bits per heavy atom. The van der Waals surface area contributed by atoms with Crippen LogP contribution in [0.3, 0.4) is 0 Å². The molecular weight excluding hydrogens is 278 g/mol. The number of pyridine rings is 1. The zero-order chi connectivity index (χ0) is 15.8. The number of ether oxygens (including phenoxy) is 1. The molecule has 1 aromatic carbocycles. The van der Waals surface area contributed by atoms with Gasteiger partial charge in [0.25, 0.3) is 0 Å². The first-order valence-corrected chi connectivity index (χ1v) is 7.42. The van der Waals surface area contributed by atoms with Crippen LogP contribution in [0, 0.1) is 0 Å². The second-order valence-corrected chi connectivity index (χ2v) is 5.00. The van der Waals surface area contributed by atoms with Crippen LogP contribution in [0.2, 0.25) is 0 Å². The van der Waals surface area contributed by atoms with E-state index in [2.05, 4.69) is 17.2 Å². The van der Waals surface area contributed by atoms with E-state index in [-0.39, 0.29) is 0 Å². The topological polar surface area (TPSA) is 77.2 Å². The molecular formula is C17H21N3O2. The summed E-state index contributed by atoms with van der Waals surface area (Å²) < 4.78 is 5.63. The van der Waals surface area contributed by atoms with Crippen LogP contribution >= 0.6 is 0 Å². The van der Waals surface area contributed by atoms with Gasteiger partial charge in [-0.05, 0) is 49.7 Å². The van der Waals surface area contributed by atoms with E-state index in [1.807, 2.05) is 24.3 Å². The van der Waals surface area contributed by atoms with Crippen molar-refractivity contribution in [3.05, 3.63) is 53.7 Å². The lowest BCUT2D eigenvalue weighted by Gasteiger charge is -2.07. The van der Waals surface area contributed by atoms with Gasteiger partial charge in [0.15, 0.2) is 0 Å². The van der Waals surface area contributed by atoms with Crippen molar-refractivity contribution in [1.82, 2.24) is 10.3 Å². The molecule has 22 heavy (non-hydrogen) atoms. The van der Waals surface area contributed by atoms with Gasteiger partial charge in [-0.25, -0.2) is 4.98 Å². The fourth-order valence-electron chi connectivity index (χ4n) is 1.97. The van der Waals surface area contributed by atoms with E-state index in [9.17, 15) is 4.79 Å². The molecule has 0 unspecified atom stereocenters. The predicted octanol–water partition coefficient (Wildman–Crippen LogP) is 2.51. The maximum Gasteiger partial charge on any atom is 0.250 e. The molecule has 5 heteroatoms. The standard InChI is InChI=1S/C17H21N3O2/c1-2-10-19-11-9-13-3-6-15(7-4-13)22-16-8-5-14(12-20-16)17(18)21/h3-8,12,19H,2,9-11H2,1H3,(H2,18,21). The van der Waals surface area contributed by atoms with Crippen molar-refractivity contribution in [2.45, 2.75) is 19.8 Å². The third-order valence-corrected chi connectivity index (χ3v) is 3.18. The lowest BCUT2D eigenvalue weighted by Crippen LogP contribution is -2.17. The van der Waals surface area contributed by atoms with E-state index in [0.717, 1.165) is 25.9 Å². The summed E-state index contributed by atoms with van der Waals surface area (Å²) in [6.07, 6.45) is 3.55. The minimum atomic E-state index is -0.500. The molecule has 0 aliphatic heterocycles. The highest BCUT2D eigenvalue weighted by Crippen LogP contribution is 2.20. The smallest absolute Gasteiger partial charge is 0.250 e. The van der Waals surface area contributed by atoms with Gasteiger partial charge in [0.2, 0.25) is 11.8 Å². The van der Waals surface area contributed by atoms with Crippen molar-refractivity contribution in [3.63, 3.8) is 0 Å². The van der Waals surface area contributed by atoms with Crippen LogP contribution in [0.1, 0.15) is 29.3 Å². The van der Waals surface area contributed by atoms with E-state index < -0.39 is 5.91 Å². The fraction of sp³-hybridized carbons (Fsp3) is 0.294. The van der Waals surface area contributed by atoms with E-state index in [4.69, 9.17) is 10.5 Å². The summed E-state index contributed by atoms with van der Waals surface area (Å²) in [6.45, 7) is 4.18. The number of amides is 1. The average molecular weight is 299 g/mol. The van der Waals surface area contributed by atoms with Crippen LogP contribution in [0.25, 0.3) is 0 Å². The Morgan fingerprint density at radius 2 is 1.95 bits per heavy atom. The molecule has 0 bridgehead atoms. The number of nitrogens with two attached hydrogens (primary N) is 1. The fourth-order valence-corrected chi connectivity index (χ4v) is 1.97. The van der Waals surface area contributed by atoms with Gasteiger partial charge in [0.1, 0.15) is 5.75 Å². The van der Waals surface area contributed by atoms with Crippen LogP contribution < -0.4 is 15.8 Å². The van der Waals surface area contributed by atoms with Crippen LogP contribution in [0.4, 0.5) is 0 Å². The van der Waals surface area contributed by atoms with Gasteiger partial charge in [-0.3, -0.25) is 4.79 Å². The quantitative estimate of drug-likeness (QED) is 0.734. The summed E-state index contributed by atoms with van der Waals surface area (Å²) >= 11 is 0. The van der Waals surface area contributed by atoms with Gasteiger partial charge in [-0.2, -0.15) is 0 Å². The molecule has 2 aromatic rings. The molecule has 2 rings (SSSR count). The largest absolute Gasteiger partial charge is 0.439 e. The summed E-state index contributed by atoms with van der Waals surface area (Å²) in [7, 11) is 0. The van der Waals surface area contributed by atoms with Crippen molar-refractivity contribution < 1.29 is 9.53 Å². The van der Waals surface area contributed by atoms with E-state index >= 15 is 0 Å².